The quantitative estimate of drug-likeness (QED) is 0.499. The van der Waals surface area contributed by atoms with Crippen LogP contribution < -0.4 is 5.32 Å². The molecule has 0 aliphatic rings. The number of hydrogen-bond acceptors (Lipinski definition) is 2. The molecule has 20 heavy (non-hydrogen) atoms. The second kappa shape index (κ2) is 13.4. The Labute approximate surface area is 125 Å². The van der Waals surface area contributed by atoms with Crippen molar-refractivity contribution in [2.45, 2.75) is 104 Å². The van der Waals surface area contributed by atoms with Crippen molar-refractivity contribution in [3.63, 3.8) is 0 Å². The van der Waals surface area contributed by atoms with Gasteiger partial charge in [-0.2, -0.15) is 0 Å². The van der Waals surface area contributed by atoms with Crippen LogP contribution in [-0.4, -0.2) is 23.2 Å². The number of aliphatic hydroxyl groups excluding tert-OH is 1. The molecule has 0 aliphatic carbocycles. The van der Waals surface area contributed by atoms with Crippen LogP contribution in [0.2, 0.25) is 0 Å². The summed E-state index contributed by atoms with van der Waals surface area (Å²) < 4.78 is 0. The summed E-state index contributed by atoms with van der Waals surface area (Å²) in [6.07, 6.45) is 12.4. The van der Waals surface area contributed by atoms with Crippen LogP contribution in [0.3, 0.4) is 0 Å². The maximum atomic E-state index is 11.6. The zero-order valence-electron chi connectivity index (χ0n) is 13.8. The summed E-state index contributed by atoms with van der Waals surface area (Å²) in [6, 6.07) is 0.0704. The van der Waals surface area contributed by atoms with E-state index in [-0.39, 0.29) is 18.1 Å². The number of carbonyl (C=O) groups excluding carboxylic acids is 1. The van der Waals surface area contributed by atoms with Gasteiger partial charge < -0.3 is 10.4 Å². The molecule has 0 saturated carbocycles. The van der Waals surface area contributed by atoms with E-state index >= 15 is 0 Å². The summed E-state index contributed by atoms with van der Waals surface area (Å²) in [6.45, 7) is 5.94. The Morgan fingerprint density at radius 3 is 1.95 bits per heavy atom. The zero-order chi connectivity index (χ0) is 15.2. The number of unbranched alkanes of at least 4 members (excludes halogenated alkanes) is 8. The average molecular weight is 285 g/mol. The Morgan fingerprint density at radius 2 is 1.45 bits per heavy atom. The highest BCUT2D eigenvalue weighted by atomic mass is 16.3. The lowest BCUT2D eigenvalue weighted by Crippen LogP contribution is -2.34. The van der Waals surface area contributed by atoms with Gasteiger partial charge in [0.1, 0.15) is 0 Å². The van der Waals surface area contributed by atoms with Crippen molar-refractivity contribution >= 4 is 5.91 Å². The second-order valence-electron chi connectivity index (χ2n) is 6.13. The minimum atomic E-state index is -0.349. The van der Waals surface area contributed by atoms with Gasteiger partial charge in [-0.1, -0.05) is 58.3 Å². The van der Waals surface area contributed by atoms with Gasteiger partial charge in [-0.15, -0.1) is 0 Å². The van der Waals surface area contributed by atoms with E-state index in [0.717, 1.165) is 12.8 Å². The van der Waals surface area contributed by atoms with Gasteiger partial charge in [-0.25, -0.2) is 0 Å². The van der Waals surface area contributed by atoms with Crippen LogP contribution in [0.5, 0.6) is 0 Å². The molecule has 0 aromatic carbocycles. The van der Waals surface area contributed by atoms with E-state index in [4.69, 9.17) is 0 Å². The molecule has 0 rings (SSSR count). The van der Waals surface area contributed by atoms with E-state index < -0.39 is 0 Å². The van der Waals surface area contributed by atoms with Crippen LogP contribution in [0.25, 0.3) is 0 Å². The average Bonchev–Trinajstić information content (AvgIpc) is 2.35. The van der Waals surface area contributed by atoms with E-state index in [1.807, 2.05) is 6.92 Å². The third kappa shape index (κ3) is 13.9. The molecule has 3 heteroatoms. The molecule has 2 N–H and O–H groups in total. The fourth-order valence-electron chi connectivity index (χ4n) is 2.51. The molecular formula is C17H35NO2. The first-order valence-electron chi connectivity index (χ1n) is 8.53. The minimum Gasteiger partial charge on any atom is -0.393 e. The number of hydrogen-bond donors (Lipinski definition) is 2. The van der Waals surface area contributed by atoms with E-state index in [9.17, 15) is 9.90 Å². The molecule has 2 atom stereocenters. The van der Waals surface area contributed by atoms with Gasteiger partial charge in [-0.05, 0) is 26.7 Å². The van der Waals surface area contributed by atoms with E-state index in [1.165, 1.54) is 44.9 Å². The number of rotatable bonds is 13. The summed E-state index contributed by atoms with van der Waals surface area (Å²) in [5, 5.41) is 12.2. The lowest BCUT2D eigenvalue weighted by Gasteiger charge is -2.15. The first-order valence-corrected chi connectivity index (χ1v) is 8.53. The Hall–Kier alpha value is -0.570. The molecule has 0 heterocycles. The number of nitrogens with one attached hydrogen (secondary N) is 1. The van der Waals surface area contributed by atoms with E-state index in [0.29, 0.717) is 12.8 Å². The SMILES string of the molecule is CCCCCCCCCCCC(=O)NC(C)CC(C)O. The molecule has 0 radical (unpaired) electrons. The Bertz CT molecular complexity index is 229. The molecular weight excluding hydrogens is 250 g/mol. The van der Waals surface area contributed by atoms with Crippen molar-refractivity contribution in [3.8, 4) is 0 Å². The number of amides is 1. The normalized spacial score (nSPS) is 14.0. The van der Waals surface area contributed by atoms with Crippen molar-refractivity contribution in [3.05, 3.63) is 0 Å². The molecule has 1 amide bonds. The van der Waals surface area contributed by atoms with E-state index in [1.54, 1.807) is 6.92 Å². The van der Waals surface area contributed by atoms with Crippen LogP contribution in [0.4, 0.5) is 0 Å². The largest absolute Gasteiger partial charge is 0.393 e. The summed E-state index contributed by atoms with van der Waals surface area (Å²) in [5.41, 5.74) is 0. The molecule has 0 saturated heterocycles. The van der Waals surface area contributed by atoms with Crippen molar-refractivity contribution in [2.24, 2.45) is 0 Å². The van der Waals surface area contributed by atoms with Crippen LogP contribution in [0, 0.1) is 0 Å². The fourth-order valence-corrected chi connectivity index (χ4v) is 2.51. The molecule has 2 unspecified atom stereocenters. The first-order chi connectivity index (χ1) is 9.56. The summed E-state index contributed by atoms with van der Waals surface area (Å²) >= 11 is 0. The maximum absolute atomic E-state index is 11.6. The molecule has 0 aromatic heterocycles. The predicted octanol–water partition coefficient (Wildman–Crippen LogP) is 4.18. The van der Waals surface area contributed by atoms with Gasteiger partial charge in [0, 0.05) is 12.5 Å². The second-order valence-corrected chi connectivity index (χ2v) is 6.13. The minimum absolute atomic E-state index is 0.0704. The van der Waals surface area contributed by atoms with Crippen molar-refractivity contribution < 1.29 is 9.90 Å². The first kappa shape index (κ1) is 19.4. The van der Waals surface area contributed by atoms with E-state index in [2.05, 4.69) is 12.2 Å². The van der Waals surface area contributed by atoms with Crippen LogP contribution >= 0.6 is 0 Å². The third-order valence-corrected chi connectivity index (χ3v) is 3.61. The predicted molar refractivity (Wildman–Crippen MR) is 85.7 cm³/mol. The van der Waals surface area contributed by atoms with Gasteiger partial charge >= 0.3 is 0 Å². The molecule has 0 spiro atoms. The molecule has 0 aromatic rings. The van der Waals surface area contributed by atoms with Gasteiger partial charge in [0.2, 0.25) is 5.91 Å². The number of carbonyl (C=O) groups is 1. The monoisotopic (exact) mass is 285 g/mol. The van der Waals surface area contributed by atoms with Crippen molar-refractivity contribution in [1.29, 1.82) is 0 Å². The zero-order valence-corrected chi connectivity index (χ0v) is 13.8. The molecule has 0 bridgehead atoms. The van der Waals surface area contributed by atoms with Crippen LogP contribution in [0.15, 0.2) is 0 Å². The van der Waals surface area contributed by atoms with Gasteiger partial charge in [-0.3, -0.25) is 4.79 Å². The standard InChI is InChI=1S/C17H35NO2/c1-4-5-6-7-8-9-10-11-12-13-17(20)18-15(2)14-16(3)19/h15-16,19H,4-14H2,1-3H3,(H,18,20). The highest BCUT2D eigenvalue weighted by Crippen LogP contribution is 2.10. The molecule has 3 nitrogen and oxygen atoms in total. The Morgan fingerprint density at radius 1 is 0.950 bits per heavy atom. The van der Waals surface area contributed by atoms with Crippen molar-refractivity contribution in [2.75, 3.05) is 0 Å². The van der Waals surface area contributed by atoms with Gasteiger partial charge in [0.15, 0.2) is 0 Å². The van der Waals surface area contributed by atoms with Crippen molar-refractivity contribution in [1.82, 2.24) is 5.32 Å². The Balaban J connectivity index is 3.31. The fraction of sp³-hybridized carbons (Fsp3) is 0.941. The Kier molecular flexibility index (Phi) is 13.0. The molecule has 0 fully saturated rings. The highest BCUT2D eigenvalue weighted by molar-refractivity contribution is 5.76. The summed E-state index contributed by atoms with van der Waals surface area (Å²) in [5.74, 6) is 0.126. The lowest BCUT2D eigenvalue weighted by atomic mass is 10.1. The van der Waals surface area contributed by atoms with Gasteiger partial charge in [0.05, 0.1) is 6.10 Å². The third-order valence-electron chi connectivity index (χ3n) is 3.61. The highest BCUT2D eigenvalue weighted by Gasteiger charge is 2.09. The smallest absolute Gasteiger partial charge is 0.220 e. The lowest BCUT2D eigenvalue weighted by molar-refractivity contribution is -0.121. The maximum Gasteiger partial charge on any atom is 0.220 e. The molecule has 120 valence electrons. The summed E-state index contributed by atoms with van der Waals surface area (Å²) in [4.78, 5) is 11.6. The summed E-state index contributed by atoms with van der Waals surface area (Å²) in [7, 11) is 0. The number of aliphatic hydroxyl groups is 1. The topological polar surface area (TPSA) is 49.3 Å². The van der Waals surface area contributed by atoms with Gasteiger partial charge in [0.25, 0.3) is 0 Å². The van der Waals surface area contributed by atoms with Crippen LogP contribution in [-0.2, 0) is 4.79 Å². The van der Waals surface area contributed by atoms with Crippen LogP contribution in [0.1, 0.15) is 91.4 Å². The molecule has 0 aliphatic heterocycles.